The average molecular weight is 303 g/mol. The standard InChI is InChI=1S/C17H25N3O2/c1-3-14(21)7-9-19-17(22)18-8-6-13-11-20-16-10-12(2)4-5-15(13)16/h4-5,10-11,14,20-21H,3,6-9H2,1-2H3,(H2,18,19,22). The predicted molar refractivity (Wildman–Crippen MR) is 89.1 cm³/mol. The summed E-state index contributed by atoms with van der Waals surface area (Å²) in [5, 5.41) is 16.2. The van der Waals surface area contributed by atoms with Gasteiger partial charge in [-0.1, -0.05) is 19.1 Å². The number of rotatable bonds is 7. The summed E-state index contributed by atoms with van der Waals surface area (Å²) < 4.78 is 0. The fraction of sp³-hybridized carbons (Fsp3) is 0.471. The first-order valence-electron chi connectivity index (χ1n) is 7.86. The van der Waals surface area contributed by atoms with Gasteiger partial charge in [0.2, 0.25) is 0 Å². The van der Waals surface area contributed by atoms with Crippen LogP contribution in [0.1, 0.15) is 30.9 Å². The lowest BCUT2D eigenvalue weighted by Crippen LogP contribution is -2.37. The number of carbonyl (C=O) groups is 1. The highest BCUT2D eigenvalue weighted by atomic mass is 16.3. The van der Waals surface area contributed by atoms with Gasteiger partial charge in [-0.05, 0) is 43.4 Å². The van der Waals surface area contributed by atoms with Crippen molar-refractivity contribution in [2.45, 2.75) is 39.2 Å². The molecule has 5 nitrogen and oxygen atoms in total. The first kappa shape index (κ1) is 16.4. The molecular formula is C17H25N3O2. The van der Waals surface area contributed by atoms with Crippen LogP contribution in [0.4, 0.5) is 4.79 Å². The molecule has 0 spiro atoms. The molecule has 5 heteroatoms. The minimum absolute atomic E-state index is 0.181. The first-order chi connectivity index (χ1) is 10.6. The van der Waals surface area contributed by atoms with E-state index in [4.69, 9.17) is 0 Å². The molecule has 0 aliphatic rings. The van der Waals surface area contributed by atoms with Crippen LogP contribution in [0, 0.1) is 6.92 Å². The highest BCUT2D eigenvalue weighted by Gasteiger charge is 2.06. The van der Waals surface area contributed by atoms with E-state index in [2.05, 4.69) is 40.7 Å². The van der Waals surface area contributed by atoms with Gasteiger partial charge in [-0.15, -0.1) is 0 Å². The van der Waals surface area contributed by atoms with Gasteiger partial charge in [0, 0.05) is 30.2 Å². The van der Waals surface area contributed by atoms with Crippen LogP contribution in [0.15, 0.2) is 24.4 Å². The number of benzene rings is 1. The van der Waals surface area contributed by atoms with Crippen molar-refractivity contribution in [1.82, 2.24) is 15.6 Å². The van der Waals surface area contributed by atoms with Crippen molar-refractivity contribution in [1.29, 1.82) is 0 Å². The number of carbonyl (C=O) groups excluding carboxylic acids is 1. The molecule has 0 fully saturated rings. The van der Waals surface area contributed by atoms with Crippen LogP contribution in [-0.2, 0) is 6.42 Å². The summed E-state index contributed by atoms with van der Waals surface area (Å²) in [5.41, 5.74) is 3.57. The van der Waals surface area contributed by atoms with Gasteiger partial charge in [0.05, 0.1) is 6.10 Å². The number of aryl methyl sites for hydroxylation is 1. The van der Waals surface area contributed by atoms with Gasteiger partial charge in [-0.25, -0.2) is 4.79 Å². The molecule has 2 aromatic rings. The molecule has 1 aromatic carbocycles. The molecule has 1 heterocycles. The summed E-state index contributed by atoms with van der Waals surface area (Å²) in [4.78, 5) is 14.9. The van der Waals surface area contributed by atoms with Crippen LogP contribution in [0.3, 0.4) is 0 Å². The second-order valence-electron chi connectivity index (χ2n) is 5.65. The Kier molecular flexibility index (Phi) is 5.83. The van der Waals surface area contributed by atoms with E-state index in [9.17, 15) is 9.90 Å². The minimum Gasteiger partial charge on any atom is -0.393 e. The van der Waals surface area contributed by atoms with Crippen molar-refractivity contribution < 1.29 is 9.90 Å². The van der Waals surface area contributed by atoms with Crippen LogP contribution in [0.25, 0.3) is 10.9 Å². The highest BCUT2D eigenvalue weighted by Crippen LogP contribution is 2.19. The molecule has 2 amide bonds. The monoisotopic (exact) mass is 303 g/mol. The van der Waals surface area contributed by atoms with Gasteiger partial charge < -0.3 is 20.7 Å². The number of fused-ring (bicyclic) bond motifs is 1. The van der Waals surface area contributed by atoms with E-state index in [1.807, 2.05) is 13.1 Å². The summed E-state index contributed by atoms with van der Waals surface area (Å²) in [6, 6.07) is 6.15. The number of nitrogens with one attached hydrogen (secondary N) is 3. The van der Waals surface area contributed by atoms with Crippen LogP contribution in [-0.4, -0.2) is 35.3 Å². The van der Waals surface area contributed by atoms with Gasteiger partial charge >= 0.3 is 6.03 Å². The lowest BCUT2D eigenvalue weighted by Gasteiger charge is -2.10. The Morgan fingerprint density at radius 3 is 2.86 bits per heavy atom. The zero-order chi connectivity index (χ0) is 15.9. The van der Waals surface area contributed by atoms with Crippen molar-refractivity contribution in [3.05, 3.63) is 35.5 Å². The van der Waals surface area contributed by atoms with Gasteiger partial charge in [0.15, 0.2) is 0 Å². The van der Waals surface area contributed by atoms with E-state index in [-0.39, 0.29) is 12.1 Å². The topological polar surface area (TPSA) is 77.2 Å². The highest BCUT2D eigenvalue weighted by molar-refractivity contribution is 5.83. The maximum absolute atomic E-state index is 11.6. The zero-order valence-corrected chi connectivity index (χ0v) is 13.3. The van der Waals surface area contributed by atoms with Gasteiger partial charge in [0.25, 0.3) is 0 Å². The second-order valence-corrected chi connectivity index (χ2v) is 5.65. The van der Waals surface area contributed by atoms with E-state index in [0.29, 0.717) is 25.9 Å². The summed E-state index contributed by atoms with van der Waals surface area (Å²) in [6.45, 7) is 5.07. The largest absolute Gasteiger partial charge is 0.393 e. The molecule has 0 bridgehead atoms. The first-order valence-corrected chi connectivity index (χ1v) is 7.86. The molecule has 1 unspecified atom stereocenters. The number of aliphatic hydroxyl groups is 1. The second kappa shape index (κ2) is 7.84. The van der Waals surface area contributed by atoms with Crippen molar-refractivity contribution in [2.75, 3.05) is 13.1 Å². The molecule has 120 valence electrons. The van der Waals surface area contributed by atoms with Crippen molar-refractivity contribution in [3.8, 4) is 0 Å². The molecule has 1 atom stereocenters. The van der Waals surface area contributed by atoms with E-state index in [1.54, 1.807) is 0 Å². The fourth-order valence-corrected chi connectivity index (χ4v) is 2.44. The van der Waals surface area contributed by atoms with Crippen LogP contribution in [0.5, 0.6) is 0 Å². The molecule has 0 radical (unpaired) electrons. The number of hydrogen-bond donors (Lipinski definition) is 4. The third-order valence-electron chi connectivity index (χ3n) is 3.84. The maximum Gasteiger partial charge on any atom is 0.314 e. The molecule has 0 saturated carbocycles. The van der Waals surface area contributed by atoms with Crippen molar-refractivity contribution >= 4 is 16.9 Å². The van der Waals surface area contributed by atoms with E-state index in [1.165, 1.54) is 16.5 Å². The Labute approximate surface area is 131 Å². The van der Waals surface area contributed by atoms with Crippen molar-refractivity contribution in [2.24, 2.45) is 0 Å². The molecule has 0 saturated heterocycles. The number of urea groups is 1. The normalized spacial score (nSPS) is 12.3. The van der Waals surface area contributed by atoms with E-state index in [0.717, 1.165) is 11.9 Å². The number of hydrogen-bond acceptors (Lipinski definition) is 2. The van der Waals surface area contributed by atoms with Crippen LogP contribution < -0.4 is 10.6 Å². The molecule has 22 heavy (non-hydrogen) atoms. The summed E-state index contributed by atoms with van der Waals surface area (Å²) in [6.07, 6.45) is 3.75. The molecule has 4 N–H and O–H groups in total. The third-order valence-corrected chi connectivity index (χ3v) is 3.84. The number of amides is 2. The summed E-state index contributed by atoms with van der Waals surface area (Å²) in [7, 11) is 0. The van der Waals surface area contributed by atoms with Crippen LogP contribution in [0.2, 0.25) is 0 Å². The lowest BCUT2D eigenvalue weighted by atomic mass is 10.1. The molecule has 2 rings (SSSR count). The maximum atomic E-state index is 11.6. The Balaban J connectivity index is 1.74. The molecule has 1 aromatic heterocycles. The third kappa shape index (κ3) is 4.49. The molecular weight excluding hydrogens is 278 g/mol. The van der Waals surface area contributed by atoms with Gasteiger partial charge in [0.1, 0.15) is 0 Å². The van der Waals surface area contributed by atoms with E-state index >= 15 is 0 Å². The quantitative estimate of drug-likeness (QED) is 0.634. The minimum atomic E-state index is -0.338. The Bertz CT molecular complexity index is 621. The Morgan fingerprint density at radius 2 is 2.09 bits per heavy atom. The fourth-order valence-electron chi connectivity index (χ4n) is 2.44. The number of aromatic nitrogens is 1. The predicted octanol–water partition coefficient (Wildman–Crippen LogP) is 2.48. The van der Waals surface area contributed by atoms with Gasteiger partial charge in [-0.3, -0.25) is 0 Å². The SMILES string of the molecule is CCC(O)CCNC(=O)NCCc1c[nH]c2cc(C)ccc12. The van der Waals surface area contributed by atoms with Crippen LogP contribution >= 0.6 is 0 Å². The van der Waals surface area contributed by atoms with E-state index < -0.39 is 0 Å². The summed E-state index contributed by atoms with van der Waals surface area (Å²) >= 11 is 0. The Morgan fingerprint density at radius 1 is 1.32 bits per heavy atom. The zero-order valence-electron chi connectivity index (χ0n) is 13.3. The van der Waals surface area contributed by atoms with Gasteiger partial charge in [-0.2, -0.15) is 0 Å². The summed E-state index contributed by atoms with van der Waals surface area (Å²) in [5.74, 6) is 0. The number of H-pyrrole nitrogens is 1. The smallest absolute Gasteiger partial charge is 0.314 e. The number of aliphatic hydroxyl groups excluding tert-OH is 1. The van der Waals surface area contributed by atoms with Crippen molar-refractivity contribution in [3.63, 3.8) is 0 Å². The molecule has 0 aliphatic carbocycles. The average Bonchev–Trinajstić information content (AvgIpc) is 2.89. The Hall–Kier alpha value is -2.01. The lowest BCUT2D eigenvalue weighted by molar-refractivity contribution is 0.160. The number of aromatic amines is 1. The molecule has 0 aliphatic heterocycles.